The minimum Gasteiger partial charge on any atom is -0.304 e. The molecule has 2 aromatic heterocycles. The van der Waals surface area contributed by atoms with E-state index in [0.717, 1.165) is 18.5 Å². The van der Waals surface area contributed by atoms with Gasteiger partial charge in [0, 0.05) is 18.0 Å². The number of nitrogens with one attached hydrogen (secondary N) is 3. The number of nitrogens with zero attached hydrogens (tertiary/aromatic N) is 2. The Balaban J connectivity index is 2.00. The average molecular weight is 247 g/mol. The van der Waals surface area contributed by atoms with Gasteiger partial charge in [0.15, 0.2) is 5.82 Å². The van der Waals surface area contributed by atoms with Crippen LogP contribution in [-0.2, 0) is 0 Å². The third kappa shape index (κ3) is 2.77. The molecule has 0 unspecified atom stereocenters. The fraction of sp³-hybridized carbons (Fsp3) is 0.417. The Morgan fingerprint density at radius 3 is 3.00 bits per heavy atom. The molecule has 0 radical (unpaired) electrons. The maximum absolute atomic E-state index is 11.7. The van der Waals surface area contributed by atoms with Crippen molar-refractivity contribution < 1.29 is 4.79 Å². The summed E-state index contributed by atoms with van der Waals surface area (Å²) < 4.78 is 0. The highest BCUT2D eigenvalue weighted by molar-refractivity contribution is 6.02. The molecule has 1 atom stereocenters. The first-order valence-electron chi connectivity index (χ1n) is 6.06. The molecule has 0 aliphatic rings. The number of hydrogen-bond acceptors (Lipinski definition) is 3. The van der Waals surface area contributed by atoms with Crippen molar-refractivity contribution in [2.75, 3.05) is 5.32 Å². The van der Waals surface area contributed by atoms with E-state index in [-0.39, 0.29) is 5.91 Å². The van der Waals surface area contributed by atoms with Crippen LogP contribution in [0, 0.1) is 0 Å². The van der Waals surface area contributed by atoms with E-state index in [2.05, 4.69) is 39.6 Å². The molecule has 18 heavy (non-hydrogen) atoms. The number of carbonyl (C=O) groups is 1. The number of rotatable bonds is 5. The molecule has 0 bridgehead atoms. The molecular weight excluding hydrogens is 230 g/mol. The molecule has 3 N–H and O–H groups in total. The second kappa shape index (κ2) is 5.48. The molecule has 0 saturated heterocycles. The summed E-state index contributed by atoms with van der Waals surface area (Å²) in [6.07, 6.45) is 3.75. The second-order valence-electron chi connectivity index (χ2n) is 4.32. The minimum atomic E-state index is -0.242. The normalized spacial score (nSPS) is 12.3. The summed E-state index contributed by atoms with van der Waals surface area (Å²) in [6.45, 7) is 4.28. The Hall–Kier alpha value is -2.11. The van der Waals surface area contributed by atoms with Gasteiger partial charge in [-0.25, -0.2) is 0 Å². The van der Waals surface area contributed by atoms with Gasteiger partial charge in [-0.05, 0) is 18.4 Å². The van der Waals surface area contributed by atoms with E-state index in [9.17, 15) is 4.79 Å². The molecule has 6 nitrogen and oxygen atoms in total. The predicted molar refractivity (Wildman–Crippen MR) is 68.5 cm³/mol. The number of anilines is 1. The molecule has 0 aromatic carbocycles. The van der Waals surface area contributed by atoms with Gasteiger partial charge in [0.05, 0.1) is 0 Å². The monoisotopic (exact) mass is 247 g/mol. The maximum atomic E-state index is 11.7. The van der Waals surface area contributed by atoms with Crippen LogP contribution >= 0.6 is 0 Å². The Bertz CT molecular complexity index is 502. The van der Waals surface area contributed by atoms with Crippen LogP contribution in [0.3, 0.4) is 0 Å². The van der Waals surface area contributed by atoms with Gasteiger partial charge >= 0.3 is 0 Å². The number of carbonyl (C=O) groups excluding carboxylic acids is 1. The van der Waals surface area contributed by atoms with Crippen LogP contribution in [-0.4, -0.2) is 26.3 Å². The average Bonchev–Trinajstić information content (AvgIpc) is 2.99. The minimum absolute atomic E-state index is 0.242. The van der Waals surface area contributed by atoms with E-state index >= 15 is 0 Å². The maximum Gasteiger partial charge on any atom is 0.274 e. The van der Waals surface area contributed by atoms with Gasteiger partial charge in [0.2, 0.25) is 0 Å². The van der Waals surface area contributed by atoms with Crippen LogP contribution in [0.5, 0.6) is 0 Å². The molecule has 0 aliphatic carbocycles. The summed E-state index contributed by atoms with van der Waals surface area (Å²) in [5, 5.41) is 16.1. The van der Waals surface area contributed by atoms with Gasteiger partial charge in [-0.1, -0.05) is 20.3 Å². The SMILES string of the molecule is CCC[C@@H](C)c1cc(NC(=O)c2ccn[nH]2)n[nH]1. The van der Waals surface area contributed by atoms with Crippen LogP contribution in [0.15, 0.2) is 18.3 Å². The lowest BCUT2D eigenvalue weighted by atomic mass is 10.0. The highest BCUT2D eigenvalue weighted by Crippen LogP contribution is 2.20. The summed E-state index contributed by atoms with van der Waals surface area (Å²) >= 11 is 0. The number of amides is 1. The Labute approximate surface area is 105 Å². The number of aromatic nitrogens is 4. The zero-order chi connectivity index (χ0) is 13.0. The lowest BCUT2D eigenvalue weighted by Gasteiger charge is -2.05. The van der Waals surface area contributed by atoms with E-state index in [1.54, 1.807) is 6.07 Å². The fourth-order valence-electron chi connectivity index (χ4n) is 1.81. The first-order chi connectivity index (χ1) is 8.70. The van der Waals surface area contributed by atoms with Gasteiger partial charge in [0.1, 0.15) is 5.69 Å². The van der Waals surface area contributed by atoms with Gasteiger partial charge in [0.25, 0.3) is 5.91 Å². The molecule has 2 aromatic rings. The fourth-order valence-corrected chi connectivity index (χ4v) is 1.81. The standard InChI is InChI=1S/C12H17N5O/c1-3-4-8(2)10-7-11(17-16-10)14-12(18)9-5-6-13-15-9/h5-8H,3-4H2,1-2H3,(H,13,15)(H2,14,16,17,18)/t8-/m1/s1. The quantitative estimate of drug-likeness (QED) is 0.757. The van der Waals surface area contributed by atoms with Gasteiger partial charge in [-0.2, -0.15) is 10.2 Å². The van der Waals surface area contributed by atoms with Crippen molar-refractivity contribution in [2.24, 2.45) is 0 Å². The number of H-pyrrole nitrogens is 2. The third-order valence-corrected chi connectivity index (χ3v) is 2.84. The third-order valence-electron chi connectivity index (χ3n) is 2.84. The molecule has 0 saturated carbocycles. The van der Waals surface area contributed by atoms with Crippen molar-refractivity contribution in [3.8, 4) is 0 Å². The summed E-state index contributed by atoms with van der Waals surface area (Å²) in [5.74, 6) is 0.710. The summed E-state index contributed by atoms with van der Waals surface area (Å²) in [6, 6.07) is 3.48. The van der Waals surface area contributed by atoms with E-state index in [0.29, 0.717) is 17.4 Å². The molecule has 1 amide bonds. The van der Waals surface area contributed by atoms with Gasteiger partial charge in [-0.15, -0.1) is 0 Å². The van der Waals surface area contributed by atoms with Crippen LogP contribution in [0.4, 0.5) is 5.82 Å². The molecular formula is C12H17N5O. The van der Waals surface area contributed by atoms with Gasteiger partial charge in [-0.3, -0.25) is 15.0 Å². The van der Waals surface area contributed by atoms with Crippen molar-refractivity contribution in [3.63, 3.8) is 0 Å². The summed E-state index contributed by atoms with van der Waals surface area (Å²) in [5.41, 5.74) is 1.46. The highest BCUT2D eigenvalue weighted by Gasteiger charge is 2.12. The highest BCUT2D eigenvalue weighted by atomic mass is 16.2. The topological polar surface area (TPSA) is 86.5 Å². The summed E-state index contributed by atoms with van der Waals surface area (Å²) in [7, 11) is 0. The second-order valence-corrected chi connectivity index (χ2v) is 4.32. The van der Waals surface area contributed by atoms with Crippen LogP contribution in [0.25, 0.3) is 0 Å². The first kappa shape index (κ1) is 12.3. The first-order valence-corrected chi connectivity index (χ1v) is 6.06. The van der Waals surface area contributed by atoms with Crippen molar-refractivity contribution in [2.45, 2.75) is 32.6 Å². The molecule has 96 valence electrons. The van der Waals surface area contributed by atoms with Crippen LogP contribution < -0.4 is 5.32 Å². The van der Waals surface area contributed by atoms with E-state index in [4.69, 9.17) is 0 Å². The number of hydrogen-bond donors (Lipinski definition) is 3. The van der Waals surface area contributed by atoms with E-state index in [1.165, 1.54) is 6.20 Å². The molecule has 0 spiro atoms. The lowest BCUT2D eigenvalue weighted by Crippen LogP contribution is -2.12. The molecule has 2 heterocycles. The number of aromatic amines is 2. The Morgan fingerprint density at radius 1 is 1.50 bits per heavy atom. The van der Waals surface area contributed by atoms with Crippen LogP contribution in [0.2, 0.25) is 0 Å². The molecule has 0 aliphatic heterocycles. The lowest BCUT2D eigenvalue weighted by molar-refractivity contribution is 0.102. The summed E-state index contributed by atoms with van der Waals surface area (Å²) in [4.78, 5) is 11.7. The van der Waals surface area contributed by atoms with E-state index < -0.39 is 0 Å². The molecule has 2 rings (SSSR count). The van der Waals surface area contributed by atoms with Crippen LogP contribution in [0.1, 0.15) is 48.8 Å². The van der Waals surface area contributed by atoms with Gasteiger partial charge < -0.3 is 5.32 Å². The zero-order valence-corrected chi connectivity index (χ0v) is 10.5. The largest absolute Gasteiger partial charge is 0.304 e. The Morgan fingerprint density at radius 2 is 2.33 bits per heavy atom. The van der Waals surface area contributed by atoms with Crippen molar-refractivity contribution in [3.05, 3.63) is 29.7 Å². The predicted octanol–water partition coefficient (Wildman–Crippen LogP) is 2.29. The Kier molecular flexibility index (Phi) is 3.76. The molecule has 0 fully saturated rings. The van der Waals surface area contributed by atoms with Crippen molar-refractivity contribution in [1.82, 2.24) is 20.4 Å². The smallest absolute Gasteiger partial charge is 0.274 e. The molecule has 6 heteroatoms. The zero-order valence-electron chi connectivity index (χ0n) is 10.5. The van der Waals surface area contributed by atoms with E-state index in [1.807, 2.05) is 6.07 Å². The van der Waals surface area contributed by atoms with Crippen molar-refractivity contribution >= 4 is 11.7 Å². The van der Waals surface area contributed by atoms with Crippen molar-refractivity contribution in [1.29, 1.82) is 0 Å².